The Morgan fingerprint density at radius 2 is 1.81 bits per heavy atom. The van der Waals surface area contributed by atoms with E-state index < -0.39 is 22.6 Å². The number of nitro groups is 1. The van der Waals surface area contributed by atoms with Crippen LogP contribution in [0, 0.1) is 15.9 Å². The quantitative estimate of drug-likeness (QED) is 0.677. The zero-order valence-corrected chi connectivity index (χ0v) is 10.9. The first-order valence-corrected chi connectivity index (χ1v) is 6.19. The van der Waals surface area contributed by atoms with E-state index in [1.54, 1.807) is 6.07 Å². The van der Waals surface area contributed by atoms with Crippen molar-refractivity contribution in [3.63, 3.8) is 0 Å². The molecule has 0 saturated carbocycles. The zero-order chi connectivity index (χ0) is 15.4. The molecule has 0 aliphatic carbocycles. The molecule has 0 aromatic heterocycles. The van der Waals surface area contributed by atoms with E-state index in [0.717, 1.165) is 0 Å². The molecule has 0 aliphatic rings. The molecule has 2 aromatic carbocycles. The van der Waals surface area contributed by atoms with E-state index in [1.807, 2.05) is 0 Å². The molecule has 108 valence electrons. The lowest BCUT2D eigenvalue weighted by Gasteiger charge is -2.13. The SMILES string of the molecule is O=C(O)C(Cc1ccccc1F)c1ccc([N+](=O)[O-])cc1. The van der Waals surface area contributed by atoms with Crippen LogP contribution in [-0.4, -0.2) is 16.0 Å². The Labute approximate surface area is 119 Å². The van der Waals surface area contributed by atoms with Gasteiger partial charge in [-0.25, -0.2) is 4.39 Å². The van der Waals surface area contributed by atoms with Crippen molar-refractivity contribution in [2.45, 2.75) is 12.3 Å². The lowest BCUT2D eigenvalue weighted by molar-refractivity contribution is -0.384. The highest BCUT2D eigenvalue weighted by Crippen LogP contribution is 2.24. The molecule has 21 heavy (non-hydrogen) atoms. The van der Waals surface area contributed by atoms with Crippen LogP contribution in [0.2, 0.25) is 0 Å². The van der Waals surface area contributed by atoms with Gasteiger partial charge in [-0.3, -0.25) is 14.9 Å². The summed E-state index contributed by atoms with van der Waals surface area (Å²) in [6.45, 7) is 0. The number of carbonyl (C=O) groups is 1. The molecule has 0 saturated heterocycles. The van der Waals surface area contributed by atoms with Gasteiger partial charge in [0.15, 0.2) is 0 Å². The predicted octanol–water partition coefficient (Wildman–Crippen LogP) is 3.14. The normalized spacial score (nSPS) is 11.9. The van der Waals surface area contributed by atoms with Crippen LogP contribution in [0.5, 0.6) is 0 Å². The van der Waals surface area contributed by atoms with Crippen LogP contribution in [0.15, 0.2) is 48.5 Å². The van der Waals surface area contributed by atoms with Gasteiger partial charge in [0.2, 0.25) is 0 Å². The Kier molecular flexibility index (Phi) is 4.27. The zero-order valence-electron chi connectivity index (χ0n) is 10.9. The van der Waals surface area contributed by atoms with Crippen LogP contribution < -0.4 is 0 Å². The van der Waals surface area contributed by atoms with Gasteiger partial charge >= 0.3 is 5.97 Å². The highest BCUT2D eigenvalue weighted by Gasteiger charge is 2.22. The number of rotatable bonds is 5. The predicted molar refractivity (Wildman–Crippen MR) is 73.6 cm³/mol. The van der Waals surface area contributed by atoms with Gasteiger partial charge in [0.05, 0.1) is 10.8 Å². The molecule has 2 rings (SSSR count). The number of carboxylic acid groups (broad SMARTS) is 1. The number of nitro benzene ring substituents is 1. The van der Waals surface area contributed by atoms with Gasteiger partial charge in [-0.05, 0) is 23.6 Å². The summed E-state index contributed by atoms with van der Waals surface area (Å²) in [5.41, 5.74) is 0.577. The molecule has 0 aliphatic heterocycles. The Morgan fingerprint density at radius 1 is 1.19 bits per heavy atom. The summed E-state index contributed by atoms with van der Waals surface area (Å²) in [5, 5.41) is 19.9. The summed E-state index contributed by atoms with van der Waals surface area (Å²) in [6.07, 6.45) is -0.0141. The van der Waals surface area contributed by atoms with Crippen molar-refractivity contribution < 1.29 is 19.2 Å². The van der Waals surface area contributed by atoms with Gasteiger partial charge in [0.1, 0.15) is 5.82 Å². The summed E-state index contributed by atoms with van der Waals surface area (Å²) in [6, 6.07) is 11.2. The maximum Gasteiger partial charge on any atom is 0.311 e. The van der Waals surface area contributed by atoms with Crippen molar-refractivity contribution in [2.75, 3.05) is 0 Å². The first-order chi connectivity index (χ1) is 9.99. The van der Waals surface area contributed by atoms with Crippen LogP contribution in [0.1, 0.15) is 17.0 Å². The molecule has 0 radical (unpaired) electrons. The minimum absolute atomic E-state index is 0.0141. The topological polar surface area (TPSA) is 80.4 Å². The minimum Gasteiger partial charge on any atom is -0.481 e. The van der Waals surface area contributed by atoms with Gasteiger partial charge < -0.3 is 5.11 Å². The van der Waals surface area contributed by atoms with Crippen molar-refractivity contribution in [1.29, 1.82) is 0 Å². The van der Waals surface area contributed by atoms with Crippen molar-refractivity contribution in [2.24, 2.45) is 0 Å². The fourth-order valence-corrected chi connectivity index (χ4v) is 2.06. The molecular weight excluding hydrogens is 277 g/mol. The fourth-order valence-electron chi connectivity index (χ4n) is 2.06. The Hall–Kier alpha value is -2.76. The number of non-ortho nitro benzene ring substituents is 1. The molecule has 0 heterocycles. The van der Waals surface area contributed by atoms with Crippen LogP contribution in [0.3, 0.4) is 0 Å². The van der Waals surface area contributed by atoms with E-state index in [4.69, 9.17) is 0 Å². The highest BCUT2D eigenvalue weighted by molar-refractivity contribution is 5.76. The smallest absolute Gasteiger partial charge is 0.311 e. The fraction of sp³-hybridized carbons (Fsp3) is 0.133. The van der Waals surface area contributed by atoms with Gasteiger partial charge in [-0.2, -0.15) is 0 Å². The molecule has 1 unspecified atom stereocenters. The van der Waals surface area contributed by atoms with Crippen LogP contribution in [0.25, 0.3) is 0 Å². The lowest BCUT2D eigenvalue weighted by Crippen LogP contribution is -2.15. The maximum atomic E-state index is 13.6. The third-order valence-corrected chi connectivity index (χ3v) is 3.19. The second-order valence-corrected chi connectivity index (χ2v) is 4.53. The van der Waals surface area contributed by atoms with E-state index in [1.165, 1.54) is 42.5 Å². The van der Waals surface area contributed by atoms with Crippen LogP contribution in [-0.2, 0) is 11.2 Å². The Balaban J connectivity index is 2.29. The number of aliphatic carboxylic acids is 1. The third-order valence-electron chi connectivity index (χ3n) is 3.19. The number of nitrogens with zero attached hydrogens (tertiary/aromatic N) is 1. The number of hydrogen-bond acceptors (Lipinski definition) is 3. The highest BCUT2D eigenvalue weighted by atomic mass is 19.1. The average Bonchev–Trinajstić information content (AvgIpc) is 2.46. The van der Waals surface area contributed by atoms with Gasteiger partial charge in [-0.1, -0.05) is 30.3 Å². The monoisotopic (exact) mass is 289 g/mol. The summed E-state index contributed by atoms with van der Waals surface area (Å²) in [4.78, 5) is 21.4. The third kappa shape index (κ3) is 3.42. The average molecular weight is 289 g/mol. The summed E-state index contributed by atoms with van der Waals surface area (Å²) in [5.74, 6) is -2.53. The van der Waals surface area contributed by atoms with E-state index in [-0.39, 0.29) is 12.1 Å². The number of carboxylic acids is 1. The van der Waals surface area contributed by atoms with E-state index in [9.17, 15) is 24.4 Å². The van der Waals surface area contributed by atoms with Gasteiger partial charge in [0.25, 0.3) is 5.69 Å². The van der Waals surface area contributed by atoms with Crippen molar-refractivity contribution in [1.82, 2.24) is 0 Å². The standard InChI is InChI=1S/C15H12FNO4/c16-14-4-2-1-3-11(14)9-13(15(18)19)10-5-7-12(8-6-10)17(20)21/h1-8,13H,9H2,(H,18,19). The summed E-state index contributed by atoms with van der Waals surface area (Å²) in [7, 11) is 0. The van der Waals surface area contributed by atoms with Crippen LogP contribution in [0.4, 0.5) is 10.1 Å². The van der Waals surface area contributed by atoms with E-state index in [0.29, 0.717) is 11.1 Å². The summed E-state index contributed by atoms with van der Waals surface area (Å²) >= 11 is 0. The molecular formula is C15H12FNO4. The van der Waals surface area contributed by atoms with Crippen molar-refractivity contribution in [3.05, 3.63) is 75.6 Å². The van der Waals surface area contributed by atoms with Gasteiger partial charge in [-0.15, -0.1) is 0 Å². The molecule has 0 amide bonds. The van der Waals surface area contributed by atoms with Crippen molar-refractivity contribution >= 4 is 11.7 Å². The molecule has 6 heteroatoms. The largest absolute Gasteiger partial charge is 0.481 e. The Morgan fingerprint density at radius 3 is 2.33 bits per heavy atom. The van der Waals surface area contributed by atoms with Crippen molar-refractivity contribution in [3.8, 4) is 0 Å². The molecule has 0 spiro atoms. The molecule has 2 aromatic rings. The number of hydrogen-bond donors (Lipinski definition) is 1. The number of halogens is 1. The Bertz CT molecular complexity index is 670. The van der Waals surface area contributed by atoms with Gasteiger partial charge in [0, 0.05) is 12.1 Å². The molecule has 0 fully saturated rings. The lowest BCUT2D eigenvalue weighted by atomic mass is 9.92. The minimum atomic E-state index is -1.10. The maximum absolute atomic E-state index is 13.6. The van der Waals surface area contributed by atoms with Crippen LogP contribution >= 0.6 is 0 Å². The number of benzene rings is 2. The van der Waals surface area contributed by atoms with E-state index in [2.05, 4.69) is 0 Å². The van der Waals surface area contributed by atoms with E-state index >= 15 is 0 Å². The second-order valence-electron chi connectivity index (χ2n) is 4.53. The first kappa shape index (κ1) is 14.6. The molecule has 1 atom stereocenters. The second kappa shape index (κ2) is 6.13. The first-order valence-electron chi connectivity index (χ1n) is 6.19. The summed E-state index contributed by atoms with van der Waals surface area (Å²) < 4.78 is 13.6. The molecule has 0 bridgehead atoms. The molecule has 5 nitrogen and oxygen atoms in total. The molecule has 1 N–H and O–H groups in total.